The van der Waals surface area contributed by atoms with Crippen molar-refractivity contribution in [1.82, 2.24) is 15.0 Å². The number of anilines is 3. The van der Waals surface area contributed by atoms with Crippen molar-refractivity contribution in [1.29, 1.82) is 0 Å². The number of hydrogen-bond acceptors (Lipinski definition) is 5. The van der Waals surface area contributed by atoms with Gasteiger partial charge in [0.05, 0.1) is 5.02 Å². The second kappa shape index (κ2) is 8.10. The Balaban J connectivity index is 1.73. The van der Waals surface area contributed by atoms with Crippen LogP contribution in [0.5, 0.6) is 0 Å². The number of likely N-dealkylation sites (N-methyl/N-ethyl adjacent to an activating group) is 1. The SMILES string of the molecule is Cc1cc(N(C)CCc2ccncc2)nc(Nc2ccc(F)c(Cl)c2)n1. The van der Waals surface area contributed by atoms with Crippen LogP contribution in [0.1, 0.15) is 11.3 Å². The molecule has 0 fully saturated rings. The lowest BCUT2D eigenvalue weighted by Gasteiger charge is -2.19. The third-order valence-corrected chi connectivity index (χ3v) is 4.18. The summed E-state index contributed by atoms with van der Waals surface area (Å²) in [7, 11) is 1.99. The molecule has 0 aliphatic rings. The maximum atomic E-state index is 13.3. The minimum atomic E-state index is -0.459. The summed E-state index contributed by atoms with van der Waals surface area (Å²) in [5, 5.41) is 3.13. The monoisotopic (exact) mass is 371 g/mol. The molecule has 3 aromatic rings. The Kier molecular flexibility index (Phi) is 5.63. The Morgan fingerprint density at radius 2 is 1.88 bits per heavy atom. The van der Waals surface area contributed by atoms with Gasteiger partial charge in [0.15, 0.2) is 0 Å². The molecule has 0 atom stereocenters. The minimum Gasteiger partial charge on any atom is -0.359 e. The third kappa shape index (κ3) is 4.67. The van der Waals surface area contributed by atoms with E-state index in [0.29, 0.717) is 11.6 Å². The number of benzene rings is 1. The molecule has 0 radical (unpaired) electrons. The topological polar surface area (TPSA) is 53.9 Å². The molecular weight excluding hydrogens is 353 g/mol. The van der Waals surface area contributed by atoms with E-state index in [-0.39, 0.29) is 5.02 Å². The zero-order chi connectivity index (χ0) is 18.5. The molecule has 26 heavy (non-hydrogen) atoms. The molecular formula is C19H19ClFN5. The molecule has 0 aliphatic heterocycles. The van der Waals surface area contributed by atoms with Gasteiger partial charge in [-0.3, -0.25) is 4.98 Å². The van der Waals surface area contributed by atoms with E-state index in [1.165, 1.54) is 17.7 Å². The van der Waals surface area contributed by atoms with Gasteiger partial charge in [-0.25, -0.2) is 9.37 Å². The highest BCUT2D eigenvalue weighted by Crippen LogP contribution is 2.22. The highest BCUT2D eigenvalue weighted by molar-refractivity contribution is 6.31. The molecule has 0 unspecified atom stereocenters. The molecule has 1 aromatic carbocycles. The second-order valence-corrected chi connectivity index (χ2v) is 6.38. The van der Waals surface area contributed by atoms with Crippen LogP contribution >= 0.6 is 11.6 Å². The van der Waals surface area contributed by atoms with Gasteiger partial charge in [-0.2, -0.15) is 4.98 Å². The van der Waals surface area contributed by atoms with Gasteiger partial charge in [0.2, 0.25) is 5.95 Å². The Morgan fingerprint density at radius 3 is 2.62 bits per heavy atom. The third-order valence-electron chi connectivity index (χ3n) is 3.89. The fourth-order valence-corrected chi connectivity index (χ4v) is 2.65. The van der Waals surface area contributed by atoms with E-state index in [2.05, 4.69) is 25.2 Å². The molecule has 0 saturated carbocycles. The molecule has 5 nitrogen and oxygen atoms in total. The Morgan fingerprint density at radius 1 is 1.12 bits per heavy atom. The van der Waals surface area contributed by atoms with Crippen molar-refractivity contribution >= 4 is 29.1 Å². The first kappa shape index (κ1) is 18.1. The van der Waals surface area contributed by atoms with Crippen LogP contribution in [-0.2, 0) is 6.42 Å². The van der Waals surface area contributed by atoms with E-state index >= 15 is 0 Å². The van der Waals surface area contributed by atoms with E-state index in [1.807, 2.05) is 32.2 Å². The number of nitrogens with zero attached hydrogens (tertiary/aromatic N) is 4. The highest BCUT2D eigenvalue weighted by Gasteiger charge is 2.09. The molecule has 134 valence electrons. The van der Waals surface area contributed by atoms with Gasteiger partial charge in [0.1, 0.15) is 11.6 Å². The van der Waals surface area contributed by atoms with Crippen LogP contribution in [0.15, 0.2) is 48.8 Å². The zero-order valence-electron chi connectivity index (χ0n) is 14.6. The van der Waals surface area contributed by atoms with Crippen LogP contribution in [0.25, 0.3) is 0 Å². The van der Waals surface area contributed by atoms with Crippen LogP contribution < -0.4 is 10.2 Å². The van der Waals surface area contributed by atoms with Crippen LogP contribution in [0.2, 0.25) is 5.02 Å². The quantitative estimate of drug-likeness (QED) is 0.696. The number of hydrogen-bond donors (Lipinski definition) is 1. The molecule has 0 saturated heterocycles. The van der Waals surface area contributed by atoms with Crippen molar-refractivity contribution < 1.29 is 4.39 Å². The van der Waals surface area contributed by atoms with Gasteiger partial charge in [0, 0.05) is 43.4 Å². The van der Waals surface area contributed by atoms with Crippen LogP contribution in [0.4, 0.5) is 21.8 Å². The Bertz CT molecular complexity index is 888. The molecule has 2 heterocycles. The number of nitrogens with one attached hydrogen (secondary N) is 1. The van der Waals surface area contributed by atoms with E-state index in [4.69, 9.17) is 11.6 Å². The zero-order valence-corrected chi connectivity index (χ0v) is 15.3. The first-order valence-corrected chi connectivity index (χ1v) is 8.57. The summed E-state index contributed by atoms with van der Waals surface area (Å²) < 4.78 is 13.3. The summed E-state index contributed by atoms with van der Waals surface area (Å²) >= 11 is 5.82. The lowest BCUT2D eigenvalue weighted by atomic mass is 10.2. The molecule has 2 aromatic heterocycles. The maximum absolute atomic E-state index is 13.3. The van der Waals surface area contributed by atoms with Gasteiger partial charge in [-0.1, -0.05) is 11.6 Å². The number of rotatable bonds is 6. The smallest absolute Gasteiger partial charge is 0.229 e. The van der Waals surface area contributed by atoms with Crippen molar-refractivity contribution in [3.63, 3.8) is 0 Å². The second-order valence-electron chi connectivity index (χ2n) is 5.97. The van der Waals surface area contributed by atoms with Gasteiger partial charge >= 0.3 is 0 Å². The normalized spacial score (nSPS) is 10.6. The van der Waals surface area contributed by atoms with Crippen LogP contribution in [0.3, 0.4) is 0 Å². The standard InChI is InChI=1S/C19H19ClFN5/c1-13-11-18(26(2)10-7-14-5-8-22-9-6-14)25-19(23-13)24-15-3-4-17(21)16(20)12-15/h3-6,8-9,11-12H,7,10H2,1-2H3,(H,23,24,25). The molecule has 0 spiro atoms. The van der Waals surface area contributed by atoms with Crippen molar-refractivity contribution in [2.45, 2.75) is 13.3 Å². The Hall–Kier alpha value is -2.73. The lowest BCUT2D eigenvalue weighted by Crippen LogP contribution is -2.22. The first-order valence-electron chi connectivity index (χ1n) is 8.19. The van der Waals surface area contributed by atoms with Crippen molar-refractivity contribution in [3.05, 3.63) is 70.9 Å². The van der Waals surface area contributed by atoms with Gasteiger partial charge in [0.25, 0.3) is 0 Å². The predicted octanol–water partition coefficient (Wildman–Crippen LogP) is 4.40. The van der Waals surface area contributed by atoms with E-state index in [1.54, 1.807) is 18.5 Å². The summed E-state index contributed by atoms with van der Waals surface area (Å²) in [6.07, 6.45) is 4.47. The molecule has 7 heteroatoms. The molecule has 0 amide bonds. The summed E-state index contributed by atoms with van der Waals surface area (Å²) in [4.78, 5) is 15.0. The van der Waals surface area contributed by atoms with Crippen LogP contribution in [0, 0.1) is 12.7 Å². The van der Waals surface area contributed by atoms with Crippen molar-refractivity contribution in [2.24, 2.45) is 0 Å². The van der Waals surface area contributed by atoms with Gasteiger partial charge in [-0.15, -0.1) is 0 Å². The van der Waals surface area contributed by atoms with Gasteiger partial charge in [-0.05, 0) is 49.2 Å². The van der Waals surface area contributed by atoms with Crippen molar-refractivity contribution in [2.75, 3.05) is 23.8 Å². The Labute approximate surface area is 156 Å². The number of pyridine rings is 1. The van der Waals surface area contributed by atoms with Crippen molar-refractivity contribution in [3.8, 4) is 0 Å². The maximum Gasteiger partial charge on any atom is 0.229 e. The van der Waals surface area contributed by atoms with E-state index in [0.717, 1.165) is 24.5 Å². The number of aromatic nitrogens is 3. The summed E-state index contributed by atoms with van der Waals surface area (Å²) in [6.45, 7) is 2.72. The number of aryl methyl sites for hydroxylation is 1. The van der Waals surface area contributed by atoms with Crippen LogP contribution in [-0.4, -0.2) is 28.5 Å². The highest BCUT2D eigenvalue weighted by atomic mass is 35.5. The van der Waals surface area contributed by atoms with Gasteiger partial charge < -0.3 is 10.2 Å². The molecule has 3 rings (SSSR count). The molecule has 0 aliphatic carbocycles. The first-order chi connectivity index (χ1) is 12.5. The fraction of sp³-hybridized carbons (Fsp3) is 0.211. The lowest BCUT2D eigenvalue weighted by molar-refractivity contribution is 0.628. The average molecular weight is 372 g/mol. The summed E-state index contributed by atoms with van der Waals surface area (Å²) in [6, 6.07) is 10.3. The fourth-order valence-electron chi connectivity index (χ4n) is 2.47. The molecule has 0 bridgehead atoms. The summed E-state index contributed by atoms with van der Waals surface area (Å²) in [5.74, 6) is 0.791. The largest absolute Gasteiger partial charge is 0.359 e. The number of halogens is 2. The minimum absolute atomic E-state index is 0.0531. The van der Waals surface area contributed by atoms with E-state index < -0.39 is 5.82 Å². The summed E-state index contributed by atoms with van der Waals surface area (Å²) in [5.41, 5.74) is 2.69. The van der Waals surface area contributed by atoms with E-state index in [9.17, 15) is 4.39 Å². The molecule has 1 N–H and O–H groups in total. The average Bonchev–Trinajstić information content (AvgIpc) is 2.63. The predicted molar refractivity (Wildman–Crippen MR) is 103 cm³/mol.